The Morgan fingerprint density at radius 1 is 1.10 bits per heavy atom. The molecule has 9 heteroatoms. The number of carboxylic acid groups (broad SMARTS) is 1. The van der Waals surface area contributed by atoms with E-state index in [4.69, 9.17) is 9.90 Å². The van der Waals surface area contributed by atoms with E-state index in [-0.39, 0.29) is 24.5 Å². The molecule has 9 nitrogen and oxygen atoms in total. The summed E-state index contributed by atoms with van der Waals surface area (Å²) in [6.07, 6.45) is 3.21. The Bertz CT molecular complexity index is 1250. The van der Waals surface area contributed by atoms with Gasteiger partial charge in [-0.15, -0.1) is 0 Å². The average molecular weight is 419 g/mol. The third kappa shape index (κ3) is 4.84. The molecule has 0 aliphatic rings. The summed E-state index contributed by atoms with van der Waals surface area (Å²) >= 11 is 0. The Labute approximate surface area is 177 Å². The summed E-state index contributed by atoms with van der Waals surface area (Å²) in [5, 5.41) is 15.3. The number of benzene rings is 2. The fourth-order valence-electron chi connectivity index (χ4n) is 3.13. The third-order valence-electron chi connectivity index (χ3n) is 4.62. The Kier molecular flexibility index (Phi) is 6.89. The fraction of sp³-hybridized carbons (Fsp3) is 0.136. The van der Waals surface area contributed by atoms with Crippen molar-refractivity contribution in [2.24, 2.45) is 7.05 Å². The molecule has 0 spiro atoms. The minimum Gasteiger partial charge on any atom is -0.483 e. The number of nitrogens with zero attached hydrogens (tertiary/aromatic N) is 4. The molecule has 2 N–H and O–H groups in total. The van der Waals surface area contributed by atoms with Crippen molar-refractivity contribution in [3.05, 3.63) is 83.0 Å². The maximum Gasteiger partial charge on any atom is 0.290 e. The molecule has 0 saturated carbocycles. The molecule has 0 saturated heterocycles. The van der Waals surface area contributed by atoms with Crippen molar-refractivity contribution in [2.45, 2.75) is 6.54 Å². The summed E-state index contributed by atoms with van der Waals surface area (Å²) in [4.78, 5) is 37.7. The van der Waals surface area contributed by atoms with Crippen molar-refractivity contribution in [2.75, 3.05) is 6.54 Å². The number of rotatable bonds is 5. The van der Waals surface area contributed by atoms with Gasteiger partial charge in [-0.3, -0.25) is 14.4 Å². The second-order valence-electron chi connectivity index (χ2n) is 6.51. The van der Waals surface area contributed by atoms with E-state index >= 15 is 0 Å². The van der Waals surface area contributed by atoms with Gasteiger partial charge in [0.05, 0.1) is 24.3 Å². The van der Waals surface area contributed by atoms with Gasteiger partial charge in [-0.1, -0.05) is 48.5 Å². The number of fused-ring (bicyclic) bond motifs is 1. The first kappa shape index (κ1) is 21.4. The molecule has 0 aliphatic carbocycles. The zero-order chi connectivity index (χ0) is 22.2. The molecule has 2 heterocycles. The molecule has 158 valence electrons. The molecule has 1 amide bonds. The zero-order valence-electron chi connectivity index (χ0n) is 16.8. The predicted molar refractivity (Wildman–Crippen MR) is 116 cm³/mol. The van der Waals surface area contributed by atoms with Crippen molar-refractivity contribution >= 4 is 23.2 Å². The van der Waals surface area contributed by atoms with Crippen LogP contribution in [0.4, 0.5) is 0 Å². The van der Waals surface area contributed by atoms with E-state index in [1.165, 1.54) is 4.68 Å². The molecule has 4 rings (SSSR count). The lowest BCUT2D eigenvalue weighted by Gasteiger charge is -2.09. The number of carbonyl (C=O) groups is 2. The predicted octanol–water partition coefficient (Wildman–Crippen LogP) is 1.93. The molecule has 0 radical (unpaired) electrons. The maximum absolute atomic E-state index is 12.5. The highest BCUT2D eigenvalue weighted by molar-refractivity contribution is 5.93. The van der Waals surface area contributed by atoms with Crippen molar-refractivity contribution in [1.82, 2.24) is 24.6 Å². The van der Waals surface area contributed by atoms with Crippen molar-refractivity contribution in [3.63, 3.8) is 0 Å². The normalized spacial score (nSPS) is 10.2. The Morgan fingerprint density at radius 3 is 2.52 bits per heavy atom. The van der Waals surface area contributed by atoms with Gasteiger partial charge in [-0.2, -0.15) is 5.10 Å². The van der Waals surface area contributed by atoms with Crippen LogP contribution in [0.15, 0.2) is 71.8 Å². The van der Waals surface area contributed by atoms with Gasteiger partial charge in [0.1, 0.15) is 11.5 Å². The molecule has 0 atom stereocenters. The van der Waals surface area contributed by atoms with E-state index in [0.29, 0.717) is 17.6 Å². The third-order valence-corrected chi connectivity index (χ3v) is 4.62. The van der Waals surface area contributed by atoms with E-state index in [2.05, 4.69) is 15.4 Å². The molecule has 0 aliphatic heterocycles. The van der Waals surface area contributed by atoms with Crippen molar-refractivity contribution in [1.29, 1.82) is 0 Å². The average Bonchev–Trinajstić information content (AvgIpc) is 3.18. The van der Waals surface area contributed by atoms with Gasteiger partial charge in [0.15, 0.2) is 0 Å². The van der Waals surface area contributed by atoms with E-state index in [9.17, 15) is 9.59 Å². The fourth-order valence-corrected chi connectivity index (χ4v) is 3.13. The molecular formula is C22H21N5O4. The highest BCUT2D eigenvalue weighted by atomic mass is 16.3. The van der Waals surface area contributed by atoms with Crippen LogP contribution in [-0.4, -0.2) is 43.4 Å². The molecule has 4 aromatic rings. The molecule has 2 aromatic carbocycles. The van der Waals surface area contributed by atoms with Crippen LogP contribution in [0.1, 0.15) is 10.5 Å². The van der Waals surface area contributed by atoms with E-state index in [1.807, 2.05) is 48.5 Å². The second kappa shape index (κ2) is 9.97. The summed E-state index contributed by atoms with van der Waals surface area (Å²) in [6.45, 7) is 0.328. The van der Waals surface area contributed by atoms with Gasteiger partial charge in [-0.25, -0.2) is 9.67 Å². The lowest BCUT2D eigenvalue weighted by molar-refractivity contribution is -0.122. The van der Waals surface area contributed by atoms with E-state index in [1.54, 1.807) is 30.1 Å². The Balaban J connectivity index is 0.000000858. The first-order valence-electron chi connectivity index (χ1n) is 9.45. The number of imidazole rings is 1. The summed E-state index contributed by atoms with van der Waals surface area (Å²) in [7, 11) is 1.81. The summed E-state index contributed by atoms with van der Waals surface area (Å²) in [5.41, 5.74) is 1.23. The monoisotopic (exact) mass is 419 g/mol. The van der Waals surface area contributed by atoms with E-state index < -0.39 is 0 Å². The van der Waals surface area contributed by atoms with Crippen LogP contribution in [0.25, 0.3) is 22.2 Å². The van der Waals surface area contributed by atoms with Gasteiger partial charge < -0.3 is 15.0 Å². The SMILES string of the molecule is Cn1c(C(=O)NCCn2ncc3ccccc3c2=O)cnc1-c1ccccc1.O=CO. The van der Waals surface area contributed by atoms with Crippen LogP contribution < -0.4 is 10.9 Å². The zero-order valence-corrected chi connectivity index (χ0v) is 16.8. The molecule has 2 aromatic heterocycles. The minimum absolute atomic E-state index is 0.167. The summed E-state index contributed by atoms with van der Waals surface area (Å²) < 4.78 is 3.12. The van der Waals surface area contributed by atoms with E-state index in [0.717, 1.165) is 16.8 Å². The number of aromatic nitrogens is 4. The van der Waals surface area contributed by atoms with Gasteiger partial charge in [0, 0.05) is 24.5 Å². The summed E-state index contributed by atoms with van der Waals surface area (Å²) in [5.74, 6) is 0.476. The number of hydrogen-bond donors (Lipinski definition) is 2. The first-order valence-corrected chi connectivity index (χ1v) is 9.45. The molecule has 0 fully saturated rings. The lowest BCUT2D eigenvalue weighted by atomic mass is 10.2. The topological polar surface area (TPSA) is 119 Å². The van der Waals surface area contributed by atoms with Crippen LogP contribution in [0, 0.1) is 0 Å². The molecule has 0 bridgehead atoms. The standard InChI is InChI=1S/C21H19N5O2.CH2O2/c1-25-18(14-23-19(25)15-7-3-2-4-8-15)20(27)22-11-12-26-21(28)17-10-6-5-9-16(17)13-24-26;2-1-3/h2-10,13-14H,11-12H2,1H3,(H,22,27);1H,(H,2,3). The number of nitrogens with one attached hydrogen (secondary N) is 1. The Morgan fingerprint density at radius 2 is 1.77 bits per heavy atom. The van der Waals surface area contributed by atoms with Gasteiger partial charge in [0.2, 0.25) is 0 Å². The van der Waals surface area contributed by atoms with Crippen LogP contribution in [-0.2, 0) is 18.4 Å². The minimum atomic E-state index is -0.250. The van der Waals surface area contributed by atoms with Crippen molar-refractivity contribution < 1.29 is 14.7 Å². The molecule has 0 unspecified atom stereocenters. The Hall–Kier alpha value is -4.27. The largest absolute Gasteiger partial charge is 0.483 e. The number of carbonyl (C=O) groups excluding carboxylic acids is 1. The molecular weight excluding hydrogens is 398 g/mol. The highest BCUT2D eigenvalue weighted by Gasteiger charge is 2.14. The molecule has 31 heavy (non-hydrogen) atoms. The van der Waals surface area contributed by atoms with Gasteiger partial charge in [-0.05, 0) is 6.07 Å². The lowest BCUT2D eigenvalue weighted by Crippen LogP contribution is -2.32. The number of hydrogen-bond acceptors (Lipinski definition) is 5. The second-order valence-corrected chi connectivity index (χ2v) is 6.51. The quantitative estimate of drug-likeness (QED) is 0.477. The van der Waals surface area contributed by atoms with Gasteiger partial charge >= 0.3 is 0 Å². The first-order chi connectivity index (χ1) is 15.1. The summed E-state index contributed by atoms with van der Waals surface area (Å²) in [6, 6.07) is 17.0. The van der Waals surface area contributed by atoms with Crippen LogP contribution in [0.2, 0.25) is 0 Å². The van der Waals surface area contributed by atoms with Gasteiger partial charge in [0.25, 0.3) is 17.9 Å². The van der Waals surface area contributed by atoms with Crippen LogP contribution in [0.3, 0.4) is 0 Å². The number of amides is 1. The van der Waals surface area contributed by atoms with Crippen LogP contribution >= 0.6 is 0 Å². The maximum atomic E-state index is 12.5. The highest BCUT2D eigenvalue weighted by Crippen LogP contribution is 2.17. The van der Waals surface area contributed by atoms with Crippen LogP contribution in [0.5, 0.6) is 0 Å². The van der Waals surface area contributed by atoms with Crippen molar-refractivity contribution in [3.8, 4) is 11.4 Å². The smallest absolute Gasteiger partial charge is 0.290 e.